The average molecular weight is 344 g/mol. The lowest BCUT2D eigenvalue weighted by molar-refractivity contribution is 1.09. The summed E-state index contributed by atoms with van der Waals surface area (Å²) in [4.78, 5) is 12.6. The fourth-order valence-corrected chi connectivity index (χ4v) is 1.79. The second-order valence-electron chi connectivity index (χ2n) is 3.22. The maximum atomic E-state index is 5.77. The van der Waals surface area contributed by atoms with E-state index in [-0.39, 0.29) is 0 Å². The van der Waals surface area contributed by atoms with Gasteiger partial charge < -0.3 is 5.73 Å². The molecule has 2 rings (SSSR count). The Kier molecular flexibility index (Phi) is 3.20. The van der Waals surface area contributed by atoms with Crippen LogP contribution in [0.1, 0.15) is 5.69 Å². The van der Waals surface area contributed by atoms with E-state index in [9.17, 15) is 0 Å². The SMILES string of the molecule is Cc1nc(-c2cncc(Br)c2)nc(N)c1Br. The maximum absolute atomic E-state index is 5.77. The van der Waals surface area contributed by atoms with Crippen LogP contribution in [0.2, 0.25) is 0 Å². The number of hydrogen-bond donors (Lipinski definition) is 1. The molecule has 0 unspecified atom stereocenters. The Morgan fingerprint density at radius 3 is 2.56 bits per heavy atom. The number of aryl methyl sites for hydroxylation is 1. The van der Waals surface area contributed by atoms with E-state index >= 15 is 0 Å². The Bertz CT molecular complexity index is 519. The lowest BCUT2D eigenvalue weighted by Gasteiger charge is -2.05. The lowest BCUT2D eigenvalue weighted by Crippen LogP contribution is -2.00. The molecular formula is C10H8Br2N4. The van der Waals surface area contributed by atoms with Gasteiger partial charge in [0, 0.05) is 22.4 Å². The molecule has 2 aromatic heterocycles. The minimum atomic E-state index is 0.433. The molecule has 2 aromatic rings. The molecule has 0 spiro atoms. The van der Waals surface area contributed by atoms with Crippen LogP contribution in [-0.2, 0) is 0 Å². The molecule has 0 atom stereocenters. The molecule has 0 fully saturated rings. The van der Waals surface area contributed by atoms with Crippen molar-refractivity contribution >= 4 is 37.7 Å². The van der Waals surface area contributed by atoms with Crippen molar-refractivity contribution in [1.29, 1.82) is 0 Å². The normalized spacial score (nSPS) is 10.4. The second kappa shape index (κ2) is 4.47. The predicted octanol–water partition coefficient (Wildman–Crippen LogP) is 2.95. The molecule has 4 nitrogen and oxygen atoms in total. The van der Waals surface area contributed by atoms with Crippen LogP contribution in [0, 0.1) is 6.92 Å². The topological polar surface area (TPSA) is 64.7 Å². The number of nitrogens with zero attached hydrogens (tertiary/aromatic N) is 3. The minimum absolute atomic E-state index is 0.433. The smallest absolute Gasteiger partial charge is 0.163 e. The summed E-state index contributed by atoms with van der Waals surface area (Å²) in [7, 11) is 0. The third-order valence-electron chi connectivity index (χ3n) is 2.01. The Morgan fingerprint density at radius 2 is 1.94 bits per heavy atom. The van der Waals surface area contributed by atoms with Crippen molar-refractivity contribution in [2.45, 2.75) is 6.92 Å². The second-order valence-corrected chi connectivity index (χ2v) is 4.93. The molecular weight excluding hydrogens is 336 g/mol. The van der Waals surface area contributed by atoms with Crippen molar-refractivity contribution in [2.24, 2.45) is 0 Å². The molecule has 2 heterocycles. The summed E-state index contributed by atoms with van der Waals surface area (Å²) >= 11 is 6.68. The Labute approximate surface area is 110 Å². The molecule has 82 valence electrons. The maximum Gasteiger partial charge on any atom is 0.163 e. The summed E-state index contributed by atoms with van der Waals surface area (Å²) in [6, 6.07) is 1.90. The van der Waals surface area contributed by atoms with E-state index in [0.29, 0.717) is 11.6 Å². The van der Waals surface area contributed by atoms with Crippen LogP contribution < -0.4 is 5.73 Å². The van der Waals surface area contributed by atoms with Crippen LogP contribution in [0.15, 0.2) is 27.4 Å². The van der Waals surface area contributed by atoms with Gasteiger partial charge in [0.25, 0.3) is 0 Å². The van der Waals surface area contributed by atoms with E-state index in [1.54, 1.807) is 12.4 Å². The first-order valence-electron chi connectivity index (χ1n) is 4.48. The van der Waals surface area contributed by atoms with Gasteiger partial charge in [0.2, 0.25) is 0 Å². The van der Waals surface area contributed by atoms with E-state index < -0.39 is 0 Å². The van der Waals surface area contributed by atoms with Gasteiger partial charge >= 0.3 is 0 Å². The molecule has 2 N–H and O–H groups in total. The number of rotatable bonds is 1. The van der Waals surface area contributed by atoms with Gasteiger partial charge in [0.05, 0.1) is 10.2 Å². The first-order valence-corrected chi connectivity index (χ1v) is 6.07. The van der Waals surface area contributed by atoms with E-state index in [2.05, 4.69) is 46.8 Å². The summed E-state index contributed by atoms with van der Waals surface area (Å²) < 4.78 is 1.62. The lowest BCUT2D eigenvalue weighted by atomic mass is 10.2. The van der Waals surface area contributed by atoms with Gasteiger partial charge in [-0.25, -0.2) is 9.97 Å². The van der Waals surface area contributed by atoms with Gasteiger partial charge in [0.1, 0.15) is 5.82 Å². The molecule has 0 saturated carbocycles. The van der Waals surface area contributed by atoms with Crippen molar-refractivity contribution in [3.63, 3.8) is 0 Å². The molecule has 0 bridgehead atoms. The zero-order chi connectivity index (χ0) is 11.7. The van der Waals surface area contributed by atoms with E-state index in [0.717, 1.165) is 20.2 Å². The van der Waals surface area contributed by atoms with E-state index in [1.165, 1.54) is 0 Å². The quantitative estimate of drug-likeness (QED) is 0.864. The van der Waals surface area contributed by atoms with Crippen molar-refractivity contribution in [1.82, 2.24) is 15.0 Å². The van der Waals surface area contributed by atoms with Gasteiger partial charge in [-0.3, -0.25) is 4.98 Å². The highest BCUT2D eigenvalue weighted by Crippen LogP contribution is 2.25. The molecule has 0 aromatic carbocycles. The Balaban J connectivity index is 2.57. The number of nitrogen functional groups attached to an aromatic ring is 1. The zero-order valence-corrected chi connectivity index (χ0v) is 11.6. The molecule has 0 amide bonds. The fraction of sp³-hybridized carbons (Fsp3) is 0.100. The molecule has 16 heavy (non-hydrogen) atoms. The highest BCUT2D eigenvalue weighted by atomic mass is 79.9. The average Bonchev–Trinajstić information content (AvgIpc) is 2.25. The highest BCUT2D eigenvalue weighted by molar-refractivity contribution is 9.10. The van der Waals surface area contributed by atoms with Crippen LogP contribution in [0.5, 0.6) is 0 Å². The number of halogens is 2. The number of nitrogens with two attached hydrogens (primary N) is 1. The van der Waals surface area contributed by atoms with Crippen molar-refractivity contribution in [3.8, 4) is 11.4 Å². The Hall–Kier alpha value is -1.01. The van der Waals surface area contributed by atoms with Crippen LogP contribution in [-0.4, -0.2) is 15.0 Å². The van der Waals surface area contributed by atoms with Gasteiger partial charge in [0.15, 0.2) is 5.82 Å². The third-order valence-corrected chi connectivity index (χ3v) is 3.42. The van der Waals surface area contributed by atoms with Gasteiger partial charge in [-0.15, -0.1) is 0 Å². The third kappa shape index (κ3) is 2.22. The fourth-order valence-electron chi connectivity index (χ4n) is 1.24. The van der Waals surface area contributed by atoms with E-state index in [1.807, 2.05) is 13.0 Å². The number of aromatic nitrogens is 3. The van der Waals surface area contributed by atoms with Crippen molar-refractivity contribution in [2.75, 3.05) is 5.73 Å². The largest absolute Gasteiger partial charge is 0.383 e. The number of hydrogen-bond acceptors (Lipinski definition) is 4. The van der Waals surface area contributed by atoms with Gasteiger partial charge in [-0.1, -0.05) is 0 Å². The Morgan fingerprint density at radius 1 is 1.19 bits per heavy atom. The van der Waals surface area contributed by atoms with E-state index in [4.69, 9.17) is 5.73 Å². The summed E-state index contributed by atoms with van der Waals surface area (Å²) in [5, 5.41) is 0. The summed E-state index contributed by atoms with van der Waals surface area (Å²) in [5.74, 6) is 1.01. The van der Waals surface area contributed by atoms with Crippen LogP contribution in [0.4, 0.5) is 5.82 Å². The van der Waals surface area contributed by atoms with Crippen LogP contribution in [0.3, 0.4) is 0 Å². The number of anilines is 1. The predicted molar refractivity (Wildman–Crippen MR) is 69.8 cm³/mol. The number of pyridine rings is 1. The standard InChI is InChI=1S/C10H8Br2N4/c1-5-8(12)9(13)16-10(15-5)6-2-7(11)4-14-3-6/h2-4H,1H3,(H2,13,15,16). The molecule has 0 radical (unpaired) electrons. The van der Waals surface area contributed by atoms with Gasteiger partial charge in [-0.2, -0.15) is 0 Å². The molecule has 0 aliphatic carbocycles. The first kappa shape index (κ1) is 11.5. The minimum Gasteiger partial charge on any atom is -0.383 e. The van der Waals surface area contributed by atoms with Crippen molar-refractivity contribution in [3.05, 3.63) is 33.1 Å². The molecule has 6 heteroatoms. The summed E-state index contributed by atoms with van der Waals surface area (Å²) in [6.45, 7) is 1.87. The zero-order valence-electron chi connectivity index (χ0n) is 8.41. The summed E-state index contributed by atoms with van der Waals surface area (Å²) in [5.41, 5.74) is 7.40. The van der Waals surface area contributed by atoms with Gasteiger partial charge in [-0.05, 0) is 44.8 Å². The summed E-state index contributed by atoms with van der Waals surface area (Å²) in [6.07, 6.45) is 3.41. The monoisotopic (exact) mass is 342 g/mol. The first-order chi connectivity index (χ1) is 7.58. The molecule has 0 aliphatic rings. The molecule has 0 saturated heterocycles. The highest BCUT2D eigenvalue weighted by Gasteiger charge is 2.08. The molecule has 0 aliphatic heterocycles. The van der Waals surface area contributed by atoms with Crippen LogP contribution in [0.25, 0.3) is 11.4 Å². The van der Waals surface area contributed by atoms with Crippen molar-refractivity contribution < 1.29 is 0 Å². The van der Waals surface area contributed by atoms with Crippen LogP contribution >= 0.6 is 31.9 Å².